The number of halogens is 1. The van der Waals surface area contributed by atoms with Crippen LogP contribution in [0.15, 0.2) is 6.33 Å². The van der Waals surface area contributed by atoms with E-state index in [4.69, 9.17) is 16.3 Å². The summed E-state index contributed by atoms with van der Waals surface area (Å²) in [7, 11) is 1.57. The lowest BCUT2D eigenvalue weighted by molar-refractivity contribution is 0.389. The van der Waals surface area contributed by atoms with Crippen LogP contribution in [0.25, 0.3) is 0 Å². The van der Waals surface area contributed by atoms with Gasteiger partial charge in [0.1, 0.15) is 11.5 Å². The summed E-state index contributed by atoms with van der Waals surface area (Å²) in [5.74, 6) is 0.832. The van der Waals surface area contributed by atoms with Gasteiger partial charge in [0.15, 0.2) is 0 Å². The second-order valence-corrected chi connectivity index (χ2v) is 3.10. The van der Waals surface area contributed by atoms with Gasteiger partial charge in [-0.05, 0) is 5.92 Å². The van der Waals surface area contributed by atoms with Crippen molar-refractivity contribution in [3.8, 4) is 5.88 Å². The van der Waals surface area contributed by atoms with E-state index in [-0.39, 0.29) is 5.92 Å². The first-order valence-electron chi connectivity index (χ1n) is 3.71. The van der Waals surface area contributed by atoms with Crippen molar-refractivity contribution in [2.24, 2.45) is 0 Å². The van der Waals surface area contributed by atoms with Crippen LogP contribution in [-0.4, -0.2) is 17.1 Å². The van der Waals surface area contributed by atoms with Crippen molar-refractivity contribution < 1.29 is 4.74 Å². The van der Waals surface area contributed by atoms with Crippen LogP contribution in [0.2, 0.25) is 5.15 Å². The topological polar surface area (TPSA) is 35.0 Å². The standard InChI is InChI=1S/C8H11ClN2O/c1-5(2)6-7(9)10-4-11-8(6)12-3/h4-5H,1-3H3. The highest BCUT2D eigenvalue weighted by molar-refractivity contribution is 6.30. The van der Waals surface area contributed by atoms with Gasteiger partial charge in [-0.1, -0.05) is 25.4 Å². The Morgan fingerprint density at radius 1 is 1.42 bits per heavy atom. The predicted octanol–water partition coefficient (Wildman–Crippen LogP) is 2.26. The molecule has 12 heavy (non-hydrogen) atoms. The highest BCUT2D eigenvalue weighted by Gasteiger charge is 2.13. The van der Waals surface area contributed by atoms with Crippen molar-refractivity contribution in [3.63, 3.8) is 0 Å². The van der Waals surface area contributed by atoms with Crippen molar-refractivity contribution in [2.75, 3.05) is 7.11 Å². The molecule has 1 heterocycles. The molecule has 0 bridgehead atoms. The van der Waals surface area contributed by atoms with Gasteiger partial charge in [0, 0.05) is 0 Å². The number of hydrogen-bond acceptors (Lipinski definition) is 3. The lowest BCUT2D eigenvalue weighted by Gasteiger charge is -2.10. The average Bonchev–Trinajstić information content (AvgIpc) is 2.03. The van der Waals surface area contributed by atoms with Crippen LogP contribution >= 0.6 is 11.6 Å². The third-order valence-corrected chi connectivity index (χ3v) is 1.87. The summed E-state index contributed by atoms with van der Waals surface area (Å²) in [6, 6.07) is 0. The van der Waals surface area contributed by atoms with Gasteiger partial charge in [-0.25, -0.2) is 9.97 Å². The minimum absolute atomic E-state index is 0.272. The number of rotatable bonds is 2. The molecule has 0 fully saturated rings. The van der Waals surface area contributed by atoms with Gasteiger partial charge in [0.05, 0.1) is 12.7 Å². The zero-order valence-corrected chi connectivity index (χ0v) is 8.09. The zero-order chi connectivity index (χ0) is 9.14. The molecule has 0 aliphatic rings. The van der Waals surface area contributed by atoms with Crippen LogP contribution in [0.1, 0.15) is 25.3 Å². The van der Waals surface area contributed by atoms with Crippen molar-refractivity contribution in [2.45, 2.75) is 19.8 Å². The van der Waals surface area contributed by atoms with Gasteiger partial charge in [-0.3, -0.25) is 0 Å². The Bertz CT molecular complexity index is 276. The number of aromatic nitrogens is 2. The van der Waals surface area contributed by atoms with Gasteiger partial charge < -0.3 is 4.74 Å². The molecular formula is C8H11ClN2O. The van der Waals surface area contributed by atoms with Crippen LogP contribution in [-0.2, 0) is 0 Å². The summed E-state index contributed by atoms with van der Waals surface area (Å²) < 4.78 is 5.05. The third-order valence-electron chi connectivity index (χ3n) is 1.57. The molecule has 0 amide bonds. The maximum Gasteiger partial charge on any atom is 0.221 e. The van der Waals surface area contributed by atoms with Crippen molar-refractivity contribution in [1.29, 1.82) is 0 Å². The second kappa shape index (κ2) is 3.72. The zero-order valence-electron chi connectivity index (χ0n) is 7.34. The largest absolute Gasteiger partial charge is 0.481 e. The molecule has 0 radical (unpaired) electrons. The predicted molar refractivity (Wildman–Crippen MR) is 47.7 cm³/mol. The fraction of sp³-hybridized carbons (Fsp3) is 0.500. The highest BCUT2D eigenvalue weighted by Crippen LogP contribution is 2.28. The first-order chi connectivity index (χ1) is 5.66. The van der Waals surface area contributed by atoms with E-state index in [1.807, 2.05) is 13.8 Å². The molecule has 1 rings (SSSR count). The maximum atomic E-state index is 5.87. The van der Waals surface area contributed by atoms with E-state index >= 15 is 0 Å². The monoisotopic (exact) mass is 186 g/mol. The Morgan fingerprint density at radius 2 is 2.08 bits per heavy atom. The summed E-state index contributed by atoms with van der Waals surface area (Å²) in [5, 5.41) is 0.469. The molecule has 4 heteroatoms. The van der Waals surface area contributed by atoms with E-state index in [0.29, 0.717) is 11.0 Å². The Kier molecular flexibility index (Phi) is 2.87. The van der Waals surface area contributed by atoms with Crippen molar-refractivity contribution >= 4 is 11.6 Å². The summed E-state index contributed by atoms with van der Waals surface area (Å²) >= 11 is 5.87. The molecule has 1 aromatic rings. The second-order valence-electron chi connectivity index (χ2n) is 2.74. The Labute approximate surface area is 76.7 Å². The molecule has 0 spiro atoms. The lowest BCUT2D eigenvalue weighted by atomic mass is 10.1. The van der Waals surface area contributed by atoms with Gasteiger partial charge in [-0.2, -0.15) is 0 Å². The highest BCUT2D eigenvalue weighted by atomic mass is 35.5. The first kappa shape index (κ1) is 9.26. The van der Waals surface area contributed by atoms with Crippen LogP contribution in [0.3, 0.4) is 0 Å². The summed E-state index contributed by atoms with van der Waals surface area (Å²) in [4.78, 5) is 7.84. The average molecular weight is 187 g/mol. The van der Waals surface area contributed by atoms with E-state index < -0.39 is 0 Å². The van der Waals surface area contributed by atoms with Gasteiger partial charge >= 0.3 is 0 Å². The number of nitrogens with zero attached hydrogens (tertiary/aromatic N) is 2. The van der Waals surface area contributed by atoms with E-state index in [2.05, 4.69) is 9.97 Å². The molecule has 0 aromatic carbocycles. The molecule has 3 nitrogen and oxygen atoms in total. The SMILES string of the molecule is COc1ncnc(Cl)c1C(C)C. The van der Waals surface area contributed by atoms with Crippen LogP contribution in [0, 0.1) is 0 Å². The van der Waals surface area contributed by atoms with E-state index in [1.54, 1.807) is 7.11 Å². The van der Waals surface area contributed by atoms with E-state index in [1.165, 1.54) is 6.33 Å². The lowest BCUT2D eigenvalue weighted by Crippen LogP contribution is -1.99. The van der Waals surface area contributed by atoms with E-state index in [9.17, 15) is 0 Å². The molecule has 0 atom stereocenters. The minimum Gasteiger partial charge on any atom is -0.481 e. The number of hydrogen-bond donors (Lipinski definition) is 0. The molecule has 0 aliphatic heterocycles. The fourth-order valence-electron chi connectivity index (χ4n) is 1.01. The minimum atomic E-state index is 0.272. The maximum absolute atomic E-state index is 5.87. The summed E-state index contributed by atoms with van der Waals surface area (Å²) in [5.41, 5.74) is 0.863. The van der Waals surface area contributed by atoms with Gasteiger partial charge in [0.25, 0.3) is 0 Å². The first-order valence-corrected chi connectivity index (χ1v) is 4.09. The van der Waals surface area contributed by atoms with Gasteiger partial charge in [-0.15, -0.1) is 0 Å². The molecule has 0 saturated heterocycles. The Balaban J connectivity index is 3.20. The summed E-state index contributed by atoms with van der Waals surface area (Å²) in [6.07, 6.45) is 1.40. The molecule has 0 unspecified atom stereocenters. The van der Waals surface area contributed by atoms with E-state index in [0.717, 1.165) is 5.56 Å². The molecule has 0 saturated carbocycles. The molecular weight excluding hydrogens is 176 g/mol. The van der Waals surface area contributed by atoms with Crippen LogP contribution in [0.5, 0.6) is 5.88 Å². The van der Waals surface area contributed by atoms with Crippen LogP contribution in [0.4, 0.5) is 0 Å². The van der Waals surface area contributed by atoms with Crippen molar-refractivity contribution in [1.82, 2.24) is 9.97 Å². The normalized spacial score (nSPS) is 10.4. The van der Waals surface area contributed by atoms with Crippen LogP contribution < -0.4 is 4.74 Å². The molecule has 1 aromatic heterocycles. The number of methoxy groups -OCH3 is 1. The van der Waals surface area contributed by atoms with Gasteiger partial charge in [0.2, 0.25) is 5.88 Å². The Hall–Kier alpha value is -0.830. The smallest absolute Gasteiger partial charge is 0.221 e. The molecule has 0 N–H and O–H groups in total. The Morgan fingerprint density at radius 3 is 2.50 bits per heavy atom. The molecule has 0 aliphatic carbocycles. The summed E-state index contributed by atoms with van der Waals surface area (Å²) in [6.45, 7) is 4.04. The quantitative estimate of drug-likeness (QED) is 0.665. The van der Waals surface area contributed by atoms with Crippen molar-refractivity contribution in [3.05, 3.63) is 17.0 Å². The third kappa shape index (κ3) is 1.67. The fourth-order valence-corrected chi connectivity index (χ4v) is 1.35. The number of ether oxygens (including phenoxy) is 1. The molecule has 66 valence electrons.